The first kappa shape index (κ1) is 37.0. The SMILES string of the molecule is CCOC(=O)C(CCCC(C)NC(=O)[C@@H](NC(=O)OC)C(c1ccccc1)c1ccccc1)N(C(C)C)S(=O)(=O)c1ccc(N)cc1. The van der Waals surface area contributed by atoms with E-state index in [1.54, 1.807) is 20.8 Å². The Morgan fingerprint density at radius 2 is 1.38 bits per heavy atom. The summed E-state index contributed by atoms with van der Waals surface area (Å²) in [4.78, 5) is 39.5. The molecule has 0 aromatic heterocycles. The molecule has 254 valence electrons. The number of hydrogen-bond donors (Lipinski definition) is 3. The minimum Gasteiger partial charge on any atom is -0.465 e. The maximum absolute atomic E-state index is 13.8. The highest BCUT2D eigenvalue weighted by Gasteiger charge is 2.39. The number of rotatable bonds is 16. The van der Waals surface area contributed by atoms with Gasteiger partial charge in [-0.3, -0.25) is 9.59 Å². The summed E-state index contributed by atoms with van der Waals surface area (Å²) >= 11 is 0. The van der Waals surface area contributed by atoms with Crippen molar-refractivity contribution in [2.24, 2.45) is 0 Å². The van der Waals surface area contributed by atoms with Crippen molar-refractivity contribution in [3.8, 4) is 0 Å². The van der Waals surface area contributed by atoms with Crippen LogP contribution in [-0.2, 0) is 29.1 Å². The van der Waals surface area contributed by atoms with Crippen molar-refractivity contribution in [3.05, 3.63) is 96.1 Å². The number of esters is 1. The van der Waals surface area contributed by atoms with E-state index in [-0.39, 0.29) is 24.0 Å². The molecule has 4 N–H and O–H groups in total. The number of nitrogens with one attached hydrogen (secondary N) is 2. The summed E-state index contributed by atoms with van der Waals surface area (Å²) in [6.07, 6.45) is 0.220. The second-order valence-corrected chi connectivity index (χ2v) is 13.4. The van der Waals surface area contributed by atoms with Gasteiger partial charge < -0.3 is 25.8 Å². The van der Waals surface area contributed by atoms with Crippen molar-refractivity contribution in [1.29, 1.82) is 0 Å². The lowest BCUT2D eigenvalue weighted by atomic mass is 9.84. The number of hydrogen-bond acceptors (Lipinski definition) is 8. The summed E-state index contributed by atoms with van der Waals surface area (Å²) < 4.78 is 38.8. The van der Waals surface area contributed by atoms with Gasteiger partial charge in [0.05, 0.1) is 18.6 Å². The highest BCUT2D eigenvalue weighted by atomic mass is 32.2. The van der Waals surface area contributed by atoms with Crippen LogP contribution in [0.1, 0.15) is 64.0 Å². The fourth-order valence-corrected chi connectivity index (χ4v) is 7.37. The van der Waals surface area contributed by atoms with Crippen LogP contribution in [0.2, 0.25) is 0 Å². The smallest absolute Gasteiger partial charge is 0.407 e. The Balaban J connectivity index is 1.81. The van der Waals surface area contributed by atoms with Crippen molar-refractivity contribution >= 4 is 33.7 Å². The summed E-state index contributed by atoms with van der Waals surface area (Å²) in [7, 11) is -2.84. The van der Waals surface area contributed by atoms with Gasteiger partial charge >= 0.3 is 12.1 Å². The van der Waals surface area contributed by atoms with Gasteiger partial charge in [-0.15, -0.1) is 0 Å². The molecule has 3 aromatic rings. The Bertz CT molecular complexity index is 1510. The molecule has 0 heterocycles. The monoisotopic (exact) mass is 666 g/mol. The number of carbonyl (C=O) groups is 3. The van der Waals surface area contributed by atoms with Gasteiger partial charge in [-0.1, -0.05) is 60.7 Å². The zero-order valence-corrected chi connectivity index (χ0v) is 28.4. The van der Waals surface area contributed by atoms with Crippen LogP contribution in [0.5, 0.6) is 0 Å². The molecule has 3 atom stereocenters. The topological polar surface area (TPSA) is 157 Å². The number of alkyl carbamates (subject to hydrolysis) is 1. The van der Waals surface area contributed by atoms with Crippen molar-refractivity contribution in [2.75, 3.05) is 19.5 Å². The Kier molecular flexibility index (Phi) is 13.8. The molecular formula is C35H46N4O7S. The molecule has 11 nitrogen and oxygen atoms in total. The van der Waals surface area contributed by atoms with E-state index in [4.69, 9.17) is 15.2 Å². The minimum atomic E-state index is -4.08. The van der Waals surface area contributed by atoms with Crippen LogP contribution in [0, 0.1) is 0 Å². The number of carbonyl (C=O) groups excluding carboxylic acids is 3. The molecule has 0 aliphatic rings. The zero-order valence-electron chi connectivity index (χ0n) is 27.6. The third-order valence-electron chi connectivity index (χ3n) is 7.73. The van der Waals surface area contributed by atoms with E-state index in [1.807, 2.05) is 67.6 Å². The third kappa shape index (κ3) is 10.0. The van der Waals surface area contributed by atoms with Gasteiger partial charge in [-0.2, -0.15) is 4.31 Å². The maximum atomic E-state index is 13.8. The maximum Gasteiger partial charge on any atom is 0.407 e. The normalized spacial score (nSPS) is 13.5. The number of nitrogens with zero attached hydrogens (tertiary/aromatic N) is 1. The third-order valence-corrected chi connectivity index (χ3v) is 9.82. The molecule has 3 aromatic carbocycles. The van der Waals surface area contributed by atoms with Gasteiger partial charge in [-0.25, -0.2) is 13.2 Å². The van der Waals surface area contributed by atoms with Crippen LogP contribution >= 0.6 is 0 Å². The Hall–Kier alpha value is -4.42. The molecule has 0 aliphatic heterocycles. The fraction of sp³-hybridized carbons (Fsp3) is 0.400. The molecule has 0 saturated heterocycles. The number of benzene rings is 3. The van der Waals surface area contributed by atoms with Crippen molar-refractivity contribution in [3.63, 3.8) is 0 Å². The molecule has 12 heteroatoms. The molecule has 3 rings (SSSR count). The highest BCUT2D eigenvalue weighted by molar-refractivity contribution is 7.89. The van der Waals surface area contributed by atoms with Crippen LogP contribution in [0.4, 0.5) is 10.5 Å². The van der Waals surface area contributed by atoms with Crippen LogP contribution in [0.25, 0.3) is 0 Å². The van der Waals surface area contributed by atoms with E-state index in [0.717, 1.165) is 11.1 Å². The lowest BCUT2D eigenvalue weighted by molar-refractivity contribution is -0.148. The van der Waals surface area contributed by atoms with Crippen molar-refractivity contribution in [1.82, 2.24) is 14.9 Å². The second kappa shape index (κ2) is 17.5. The van der Waals surface area contributed by atoms with E-state index in [1.165, 1.54) is 35.7 Å². The van der Waals surface area contributed by atoms with E-state index in [0.29, 0.717) is 18.5 Å². The number of sulfonamides is 1. The minimum absolute atomic E-state index is 0.0193. The zero-order chi connectivity index (χ0) is 34.6. The highest BCUT2D eigenvalue weighted by Crippen LogP contribution is 2.29. The molecule has 0 radical (unpaired) electrons. The van der Waals surface area contributed by atoms with Gasteiger partial charge in [0.2, 0.25) is 15.9 Å². The summed E-state index contributed by atoms with van der Waals surface area (Å²) in [5.41, 5.74) is 7.84. The molecule has 0 fully saturated rings. The number of amides is 2. The first-order valence-corrected chi connectivity index (χ1v) is 17.1. The average Bonchev–Trinajstić information content (AvgIpc) is 3.04. The summed E-state index contributed by atoms with van der Waals surface area (Å²) in [5.74, 6) is -1.58. The van der Waals surface area contributed by atoms with E-state index >= 15 is 0 Å². The Labute approximate surface area is 277 Å². The average molecular weight is 667 g/mol. The van der Waals surface area contributed by atoms with E-state index in [2.05, 4.69) is 10.6 Å². The molecule has 0 saturated carbocycles. The molecule has 0 bridgehead atoms. The van der Waals surface area contributed by atoms with E-state index in [9.17, 15) is 22.8 Å². The Morgan fingerprint density at radius 1 is 0.830 bits per heavy atom. The molecule has 0 aliphatic carbocycles. The molecule has 2 amide bonds. The van der Waals surface area contributed by atoms with Crippen molar-refractivity contribution in [2.45, 2.75) is 81.9 Å². The van der Waals surface area contributed by atoms with Gasteiger partial charge in [0.25, 0.3) is 0 Å². The predicted octanol–water partition coefficient (Wildman–Crippen LogP) is 4.83. The predicted molar refractivity (Wildman–Crippen MR) is 181 cm³/mol. The van der Waals surface area contributed by atoms with Crippen LogP contribution < -0.4 is 16.4 Å². The van der Waals surface area contributed by atoms with Crippen LogP contribution in [0.3, 0.4) is 0 Å². The number of ether oxygens (including phenoxy) is 2. The summed E-state index contributed by atoms with van der Waals surface area (Å²) in [6.45, 7) is 6.98. The number of methoxy groups -OCH3 is 1. The van der Waals surface area contributed by atoms with E-state index < -0.39 is 52.0 Å². The largest absolute Gasteiger partial charge is 0.465 e. The standard InChI is InChI=1S/C35H46N4O7S/c1-6-46-34(41)30(39(24(2)3)47(43,44)29-22-20-28(36)21-23-29)19-13-14-25(4)37-33(40)32(38-35(42)45-5)31(26-15-9-7-10-16-26)27-17-11-8-12-18-27/h7-12,15-18,20-25,30-32H,6,13-14,19,36H2,1-5H3,(H,37,40)(H,38,42)/t25?,30?,32-/m0/s1. The molecular weight excluding hydrogens is 620 g/mol. The molecule has 0 spiro atoms. The van der Waals surface area contributed by atoms with Crippen LogP contribution in [0.15, 0.2) is 89.8 Å². The lowest BCUT2D eigenvalue weighted by Gasteiger charge is -2.33. The first-order valence-electron chi connectivity index (χ1n) is 15.7. The fourth-order valence-electron chi connectivity index (χ4n) is 5.56. The van der Waals surface area contributed by atoms with Gasteiger partial charge in [-0.05, 0) is 82.3 Å². The van der Waals surface area contributed by atoms with Crippen molar-refractivity contribution < 1.29 is 32.3 Å². The van der Waals surface area contributed by atoms with Gasteiger partial charge in [0, 0.05) is 23.7 Å². The second-order valence-electron chi connectivity index (χ2n) is 11.5. The summed E-state index contributed by atoms with van der Waals surface area (Å²) in [5, 5.41) is 5.72. The van der Waals surface area contributed by atoms with Gasteiger partial charge in [0.1, 0.15) is 12.1 Å². The molecule has 47 heavy (non-hydrogen) atoms. The number of nitrogen functional groups attached to an aromatic ring is 1. The van der Waals surface area contributed by atoms with Crippen LogP contribution in [-0.4, -0.2) is 68.6 Å². The summed E-state index contributed by atoms with van der Waals surface area (Å²) in [6, 6.07) is 21.6. The lowest BCUT2D eigenvalue weighted by Crippen LogP contribution is -2.52. The number of nitrogens with two attached hydrogens (primary N) is 1. The quantitative estimate of drug-likeness (QED) is 0.145. The van der Waals surface area contributed by atoms with Gasteiger partial charge in [0.15, 0.2) is 0 Å². The first-order chi connectivity index (χ1) is 22.4. The molecule has 2 unspecified atom stereocenters. The Morgan fingerprint density at radius 3 is 1.87 bits per heavy atom. The number of anilines is 1.